The lowest BCUT2D eigenvalue weighted by Crippen LogP contribution is -2.48. The van der Waals surface area contributed by atoms with Gasteiger partial charge in [-0.1, -0.05) is 96.2 Å². The number of phosphoric acid groups is 3. The molecule has 2 amide bonds. The molecule has 0 bridgehead atoms. The molecule has 0 spiro atoms. The number of anilines is 1. The summed E-state index contributed by atoms with van der Waals surface area (Å²) in [4.78, 5) is 109. The number of aliphatic hydroxyl groups is 4. The smallest absolute Gasteiger partial charge is 0.274 e. The summed E-state index contributed by atoms with van der Waals surface area (Å²) in [5, 5.41) is 46.0. The zero-order valence-corrected chi connectivity index (χ0v) is 48.2. The first-order chi connectivity index (χ1) is 37.1. The molecule has 2 unspecified atom stereocenters. The largest absolute Gasteiger partial charge is 0.790 e. The van der Waals surface area contributed by atoms with Gasteiger partial charge < -0.3 is 88.7 Å². The molecule has 0 aliphatic carbocycles. The summed E-state index contributed by atoms with van der Waals surface area (Å²) in [6.45, 7) is 3.63. The average Bonchev–Trinajstić information content (AvgIpc) is 4.00. The number of unbranched alkanes of at least 4 members (excludes halogenated alkanes) is 11. The topological polar surface area (TPSA) is 451 Å². The Morgan fingerprint density at radius 2 is 1.48 bits per heavy atom. The van der Waals surface area contributed by atoms with Crippen LogP contribution in [0, 0.1) is 5.41 Å². The number of nitrogens with two attached hydrogens (primary N) is 1. The Labute approximate surface area is 462 Å². The molecule has 29 nitrogen and oxygen atoms in total. The monoisotopic (exact) mass is 1200 g/mol. The molecular weight excluding hydrogens is 1130 g/mol. The highest BCUT2D eigenvalue weighted by atomic mass is 32.2. The summed E-state index contributed by atoms with van der Waals surface area (Å²) >= 11 is 0.912. The van der Waals surface area contributed by atoms with E-state index in [1.807, 2.05) is 6.92 Å². The van der Waals surface area contributed by atoms with Crippen molar-refractivity contribution in [3.63, 3.8) is 0 Å². The molecule has 2 aliphatic heterocycles. The van der Waals surface area contributed by atoms with Crippen LogP contribution in [0.5, 0.6) is 0 Å². The number of imidazole rings is 1. The van der Waals surface area contributed by atoms with E-state index in [4.69, 9.17) is 19.9 Å². The first-order valence-electron chi connectivity index (χ1n) is 26.2. The van der Waals surface area contributed by atoms with Gasteiger partial charge in [0.15, 0.2) is 29.1 Å². The highest BCUT2D eigenvalue weighted by Crippen LogP contribution is 2.56. The molecule has 452 valence electrons. The molecule has 4 heterocycles. The fourth-order valence-electron chi connectivity index (χ4n) is 8.46. The van der Waals surface area contributed by atoms with Gasteiger partial charge in [-0.05, 0) is 26.7 Å². The van der Waals surface area contributed by atoms with Gasteiger partial charge in [0.05, 0.1) is 52.1 Å². The van der Waals surface area contributed by atoms with Gasteiger partial charge in [0.2, 0.25) is 11.8 Å². The number of nitrogens with zero attached hydrogens (tertiary/aromatic N) is 4. The number of Topliss-reactive ketones (excluding diaryl/α,β-unsaturated/α-hetero) is 1. The van der Waals surface area contributed by atoms with Crippen LogP contribution in [0.1, 0.15) is 143 Å². The maximum absolute atomic E-state index is 12.7. The highest BCUT2D eigenvalue weighted by molar-refractivity contribution is 8.13. The van der Waals surface area contributed by atoms with E-state index in [-0.39, 0.29) is 78.2 Å². The number of ether oxygens (including phenoxy) is 3. The van der Waals surface area contributed by atoms with E-state index in [1.54, 1.807) is 6.92 Å². The van der Waals surface area contributed by atoms with Crippen LogP contribution >= 0.6 is 35.2 Å². The van der Waals surface area contributed by atoms with Crippen LogP contribution in [0.3, 0.4) is 0 Å². The van der Waals surface area contributed by atoms with Crippen molar-refractivity contribution in [2.75, 3.05) is 37.8 Å². The van der Waals surface area contributed by atoms with Crippen molar-refractivity contribution >= 4 is 74.9 Å². The van der Waals surface area contributed by atoms with E-state index in [9.17, 15) is 72.9 Å². The Morgan fingerprint density at radius 1 is 0.861 bits per heavy atom. The fourth-order valence-corrected chi connectivity index (χ4v) is 11.9. The lowest BCUT2D eigenvalue weighted by Gasteiger charge is -2.36. The number of thioether (sulfide) groups is 1. The molecule has 33 heteroatoms. The van der Waals surface area contributed by atoms with Gasteiger partial charge in [-0.15, -0.1) is 0 Å². The van der Waals surface area contributed by atoms with Crippen molar-refractivity contribution in [2.24, 2.45) is 5.41 Å². The Bertz CT molecular complexity index is 2410. The minimum absolute atomic E-state index is 0.0307. The number of amides is 2. The van der Waals surface area contributed by atoms with E-state index >= 15 is 0 Å². The van der Waals surface area contributed by atoms with Crippen LogP contribution in [0.25, 0.3) is 11.2 Å². The van der Waals surface area contributed by atoms with Crippen LogP contribution in [0.2, 0.25) is 0 Å². The number of nitrogen functional groups attached to an aromatic ring is 1. The second-order valence-electron chi connectivity index (χ2n) is 20.2. The van der Waals surface area contributed by atoms with Gasteiger partial charge >= 0.3 is 0 Å². The average molecular weight is 1200 g/mol. The summed E-state index contributed by atoms with van der Waals surface area (Å²) in [6, 6.07) is 0. The summed E-state index contributed by atoms with van der Waals surface area (Å²) in [6.07, 6.45) is 3.87. The Kier molecular flexibility index (Phi) is 28.5. The standard InChI is InChI=1S/C46H80N7O22P3S/c1-29(71-45-33(56)24-32(55)30(2)72-45)17-15-13-11-9-7-5-6-8-10-12-14-16-18-31(54)23-36(58)79-22-21-48-35(57)19-20-49-43(61)40(60)46(3,4)26-70-78(67,68)75-77(65,66)69-25-34-39(74-76(62,63)64)38(59)44(73-34)53-28-52-37-41(47)50-27-51-42(37)53/h27-30,32-34,38-40,44-45,55-56,59-60H,5-26H2,1-4H3,(H,48,57)(H,49,61)(H,65,66)(H,67,68)(H2,47,50,51)(H2,62,63,64)/p-4/t29-,30+,32-,33-,34-,38-,39-,40+,44-,45-/m1/s1. The first-order valence-corrected chi connectivity index (χ1v) is 31.6. The number of ketones is 1. The summed E-state index contributed by atoms with van der Waals surface area (Å²) in [7, 11) is -17.7. The number of phosphoric ester groups is 3. The predicted octanol–water partition coefficient (Wildman–Crippen LogP) is 0.819. The number of aliphatic hydroxyl groups excluding tert-OH is 4. The van der Waals surface area contributed by atoms with Crippen LogP contribution in [0.4, 0.5) is 5.82 Å². The molecule has 0 radical (unpaired) electrons. The lowest BCUT2D eigenvalue weighted by atomic mass is 9.87. The molecule has 8 N–H and O–H groups in total. The van der Waals surface area contributed by atoms with Crippen LogP contribution in [-0.4, -0.2) is 150 Å². The van der Waals surface area contributed by atoms with Crippen molar-refractivity contribution in [2.45, 2.75) is 198 Å². The molecule has 12 atom stereocenters. The zero-order valence-electron chi connectivity index (χ0n) is 44.7. The third-order valence-electron chi connectivity index (χ3n) is 13.0. The van der Waals surface area contributed by atoms with E-state index in [0.29, 0.717) is 12.8 Å². The first kappa shape index (κ1) is 68.6. The number of fused-ring (bicyclic) bond motifs is 1. The normalized spacial score (nSPS) is 24.2. The van der Waals surface area contributed by atoms with E-state index in [2.05, 4.69) is 43.5 Å². The van der Waals surface area contributed by atoms with Gasteiger partial charge in [0.25, 0.3) is 15.6 Å². The summed E-state index contributed by atoms with van der Waals surface area (Å²) in [5.74, 6) is -1.58. The molecular formula is C46H76N7O22P3S-4. The Balaban J connectivity index is 0.996. The number of rotatable bonds is 38. The van der Waals surface area contributed by atoms with Gasteiger partial charge in [-0.2, -0.15) is 0 Å². The minimum atomic E-state index is -5.95. The summed E-state index contributed by atoms with van der Waals surface area (Å²) < 4.78 is 72.4. The van der Waals surface area contributed by atoms with E-state index < -0.39 is 103 Å². The molecule has 2 aliphatic rings. The van der Waals surface area contributed by atoms with E-state index in [1.165, 1.54) is 46.0 Å². The van der Waals surface area contributed by atoms with Crippen molar-refractivity contribution in [1.29, 1.82) is 0 Å². The number of hydrogen-bond donors (Lipinski definition) is 7. The molecule has 4 rings (SSSR count). The Hall–Kier alpha value is -2.93. The van der Waals surface area contributed by atoms with Crippen molar-refractivity contribution in [3.8, 4) is 0 Å². The molecule has 2 saturated heterocycles. The molecule has 79 heavy (non-hydrogen) atoms. The molecule has 2 aromatic heterocycles. The molecule has 0 aromatic carbocycles. The number of hydrogen-bond acceptors (Lipinski definition) is 27. The van der Waals surface area contributed by atoms with Crippen LogP contribution in [0.15, 0.2) is 12.7 Å². The number of carbonyl (C=O) groups excluding carboxylic acids is 4. The minimum Gasteiger partial charge on any atom is -0.790 e. The van der Waals surface area contributed by atoms with Crippen molar-refractivity contribution < 1.29 is 105 Å². The van der Waals surface area contributed by atoms with Crippen molar-refractivity contribution in [3.05, 3.63) is 12.7 Å². The zero-order chi connectivity index (χ0) is 58.6. The number of nitrogens with one attached hydrogen (secondary N) is 2. The maximum atomic E-state index is 12.7. The van der Waals surface area contributed by atoms with E-state index in [0.717, 1.165) is 73.9 Å². The third-order valence-corrected chi connectivity index (χ3v) is 16.8. The van der Waals surface area contributed by atoms with Crippen molar-refractivity contribution in [1.82, 2.24) is 30.2 Å². The number of carbonyl (C=O) groups is 4. The molecule has 2 aromatic rings. The third kappa shape index (κ3) is 24.4. The van der Waals surface area contributed by atoms with Gasteiger partial charge in [0, 0.05) is 43.5 Å². The lowest BCUT2D eigenvalue weighted by molar-refractivity contribution is -0.347. The second-order valence-corrected chi connectivity index (χ2v) is 25.4. The molecule has 0 saturated carbocycles. The van der Waals surface area contributed by atoms with Gasteiger partial charge in [0.1, 0.15) is 48.1 Å². The second kappa shape index (κ2) is 32.8. The van der Waals surface area contributed by atoms with Gasteiger partial charge in [-0.3, -0.25) is 32.9 Å². The number of aromatic nitrogens is 4. The van der Waals surface area contributed by atoms with Crippen LogP contribution in [-0.2, 0) is 65.0 Å². The highest BCUT2D eigenvalue weighted by Gasteiger charge is 2.47. The molecule has 2 fully saturated rings. The maximum Gasteiger partial charge on any atom is 0.274 e. The van der Waals surface area contributed by atoms with Gasteiger partial charge in [-0.25, -0.2) is 19.3 Å². The summed E-state index contributed by atoms with van der Waals surface area (Å²) in [5.41, 5.74) is 4.03. The fraction of sp³-hybridized carbons (Fsp3) is 0.804. The quantitative estimate of drug-likeness (QED) is 0.0278. The SMILES string of the molecule is C[C@H](CCCCCCCCCCCCCCC(=O)CC(=O)SCCNC(=O)CCNC(=O)[C@H](O)C(C)(C)COP(=O)([O-])OP(=O)([O-])OC[C@H]1O[C@@H](n2cnc3c(N)ncnc32)[C@H](O)[C@@H]1OP(=O)([O-])[O-])O[C@@H]1O[C@@H](C)[C@H](O)C[C@H]1O. The van der Waals surface area contributed by atoms with Crippen LogP contribution < -0.4 is 35.9 Å². The Morgan fingerprint density at radius 3 is 2.13 bits per heavy atom. The predicted molar refractivity (Wildman–Crippen MR) is 274 cm³/mol.